The standard InChI is InChI=1S/C20H19FN4O2/c21-16-8-6-14(7-9-16)18-23-24-19(27-18)15-10-12-25(13-11-15)20(26)22-17-4-2-1-3-5-17/h1-9,15H,10-13H2,(H,22,26). The van der Waals surface area contributed by atoms with Crippen LogP contribution in [-0.4, -0.2) is 34.2 Å². The third-order valence-corrected chi connectivity index (χ3v) is 4.69. The van der Waals surface area contributed by atoms with Crippen LogP contribution in [0.15, 0.2) is 59.0 Å². The minimum Gasteiger partial charge on any atom is -0.420 e. The molecule has 0 saturated carbocycles. The van der Waals surface area contributed by atoms with Crippen molar-refractivity contribution >= 4 is 11.7 Å². The molecule has 1 fully saturated rings. The van der Waals surface area contributed by atoms with Gasteiger partial charge in [-0.3, -0.25) is 0 Å². The number of hydrogen-bond donors (Lipinski definition) is 1. The fourth-order valence-electron chi connectivity index (χ4n) is 3.16. The monoisotopic (exact) mass is 366 g/mol. The van der Waals surface area contributed by atoms with Crippen molar-refractivity contribution in [1.82, 2.24) is 15.1 Å². The lowest BCUT2D eigenvalue weighted by molar-refractivity contribution is 0.190. The van der Waals surface area contributed by atoms with Gasteiger partial charge >= 0.3 is 6.03 Å². The first-order valence-corrected chi connectivity index (χ1v) is 8.89. The summed E-state index contributed by atoms with van der Waals surface area (Å²) >= 11 is 0. The summed E-state index contributed by atoms with van der Waals surface area (Å²) in [6, 6.07) is 15.3. The number of aromatic nitrogens is 2. The summed E-state index contributed by atoms with van der Waals surface area (Å²) in [4.78, 5) is 14.2. The minimum absolute atomic E-state index is 0.0998. The zero-order valence-corrected chi connectivity index (χ0v) is 14.6. The van der Waals surface area contributed by atoms with E-state index >= 15 is 0 Å². The molecule has 0 aliphatic carbocycles. The van der Waals surface area contributed by atoms with Gasteiger partial charge in [-0.05, 0) is 49.2 Å². The van der Waals surface area contributed by atoms with Gasteiger partial charge in [0.05, 0.1) is 0 Å². The van der Waals surface area contributed by atoms with Crippen molar-refractivity contribution in [1.29, 1.82) is 0 Å². The number of anilines is 1. The second-order valence-corrected chi connectivity index (χ2v) is 6.51. The van der Waals surface area contributed by atoms with Crippen molar-refractivity contribution in [3.8, 4) is 11.5 Å². The highest BCUT2D eigenvalue weighted by Gasteiger charge is 2.27. The Morgan fingerprint density at radius 1 is 1.04 bits per heavy atom. The van der Waals surface area contributed by atoms with Crippen LogP contribution in [0.2, 0.25) is 0 Å². The van der Waals surface area contributed by atoms with Crippen LogP contribution < -0.4 is 5.32 Å². The Hall–Kier alpha value is -3.22. The van der Waals surface area contributed by atoms with E-state index in [0.717, 1.165) is 18.5 Å². The van der Waals surface area contributed by atoms with E-state index in [9.17, 15) is 9.18 Å². The first-order valence-electron chi connectivity index (χ1n) is 8.89. The summed E-state index contributed by atoms with van der Waals surface area (Å²) in [5.74, 6) is 0.763. The topological polar surface area (TPSA) is 71.3 Å². The number of halogens is 1. The minimum atomic E-state index is -0.306. The second kappa shape index (κ2) is 7.57. The van der Waals surface area contributed by atoms with E-state index in [1.165, 1.54) is 12.1 Å². The Labute approximate surface area is 156 Å². The fraction of sp³-hybridized carbons (Fsp3) is 0.250. The van der Waals surface area contributed by atoms with Crippen molar-refractivity contribution in [2.75, 3.05) is 18.4 Å². The third kappa shape index (κ3) is 3.97. The van der Waals surface area contributed by atoms with Crippen LogP contribution in [0.25, 0.3) is 11.5 Å². The van der Waals surface area contributed by atoms with Crippen LogP contribution in [0.1, 0.15) is 24.7 Å². The molecule has 0 atom stereocenters. The molecule has 0 unspecified atom stereocenters. The van der Waals surface area contributed by atoms with Gasteiger partial charge in [0.1, 0.15) is 5.82 Å². The molecular weight excluding hydrogens is 347 g/mol. The van der Waals surface area contributed by atoms with Gasteiger partial charge in [0.25, 0.3) is 0 Å². The molecule has 27 heavy (non-hydrogen) atoms. The highest BCUT2D eigenvalue weighted by molar-refractivity contribution is 5.89. The number of likely N-dealkylation sites (tertiary alicyclic amines) is 1. The number of para-hydroxylation sites is 1. The molecule has 3 aromatic rings. The van der Waals surface area contributed by atoms with Crippen LogP contribution >= 0.6 is 0 Å². The lowest BCUT2D eigenvalue weighted by atomic mass is 9.97. The molecule has 1 saturated heterocycles. The summed E-state index contributed by atoms with van der Waals surface area (Å²) in [5.41, 5.74) is 1.47. The normalized spacial score (nSPS) is 14.9. The molecule has 1 aliphatic heterocycles. The molecule has 1 aromatic heterocycles. The maximum Gasteiger partial charge on any atom is 0.321 e. The number of amides is 2. The molecule has 2 aromatic carbocycles. The lowest BCUT2D eigenvalue weighted by Crippen LogP contribution is -2.40. The Morgan fingerprint density at radius 3 is 2.44 bits per heavy atom. The lowest BCUT2D eigenvalue weighted by Gasteiger charge is -2.30. The maximum atomic E-state index is 13.0. The first-order chi connectivity index (χ1) is 13.2. The van der Waals surface area contributed by atoms with Gasteiger partial charge in [-0.1, -0.05) is 18.2 Å². The Kier molecular flexibility index (Phi) is 4.82. The molecular formula is C20H19FN4O2. The number of carbonyl (C=O) groups excluding carboxylic acids is 1. The highest BCUT2D eigenvalue weighted by atomic mass is 19.1. The van der Waals surface area contributed by atoms with E-state index < -0.39 is 0 Å². The number of nitrogens with one attached hydrogen (secondary N) is 1. The number of nitrogens with zero attached hydrogens (tertiary/aromatic N) is 3. The molecule has 0 radical (unpaired) electrons. The predicted octanol–water partition coefficient (Wildman–Crippen LogP) is 4.29. The van der Waals surface area contributed by atoms with Gasteiger partial charge < -0.3 is 14.6 Å². The maximum absolute atomic E-state index is 13.0. The van der Waals surface area contributed by atoms with E-state index in [1.54, 1.807) is 17.0 Å². The zero-order valence-electron chi connectivity index (χ0n) is 14.6. The molecule has 4 rings (SSSR count). The van der Waals surface area contributed by atoms with Gasteiger partial charge in [-0.2, -0.15) is 0 Å². The largest absolute Gasteiger partial charge is 0.420 e. The summed E-state index contributed by atoms with van der Waals surface area (Å²) in [6.45, 7) is 1.25. The summed E-state index contributed by atoms with van der Waals surface area (Å²) in [5, 5.41) is 11.1. The summed E-state index contributed by atoms with van der Waals surface area (Å²) in [7, 11) is 0. The number of urea groups is 1. The first kappa shape index (κ1) is 17.2. The smallest absolute Gasteiger partial charge is 0.321 e. The average Bonchev–Trinajstić information content (AvgIpc) is 3.20. The van der Waals surface area contributed by atoms with Gasteiger partial charge in [0, 0.05) is 30.3 Å². The van der Waals surface area contributed by atoms with Gasteiger partial charge in [0.15, 0.2) is 0 Å². The quantitative estimate of drug-likeness (QED) is 0.751. The van der Waals surface area contributed by atoms with E-state index in [0.29, 0.717) is 30.4 Å². The number of carbonyl (C=O) groups is 1. The molecule has 6 nitrogen and oxygen atoms in total. The van der Waals surface area contributed by atoms with Gasteiger partial charge in [0.2, 0.25) is 11.8 Å². The third-order valence-electron chi connectivity index (χ3n) is 4.69. The molecule has 0 bridgehead atoms. The van der Waals surface area contributed by atoms with E-state index in [2.05, 4.69) is 15.5 Å². The molecule has 138 valence electrons. The van der Waals surface area contributed by atoms with Gasteiger partial charge in [-0.25, -0.2) is 9.18 Å². The fourth-order valence-corrected chi connectivity index (χ4v) is 3.16. The average molecular weight is 366 g/mol. The second-order valence-electron chi connectivity index (χ2n) is 6.51. The SMILES string of the molecule is O=C(Nc1ccccc1)N1CCC(c2nnc(-c3ccc(F)cc3)o2)CC1. The molecule has 2 heterocycles. The highest BCUT2D eigenvalue weighted by Crippen LogP contribution is 2.29. The molecule has 1 aliphatic rings. The Bertz CT molecular complexity index is 903. The number of benzene rings is 2. The number of hydrogen-bond acceptors (Lipinski definition) is 4. The molecule has 7 heteroatoms. The van der Waals surface area contributed by atoms with Crippen molar-refractivity contribution in [2.45, 2.75) is 18.8 Å². The summed E-state index contributed by atoms with van der Waals surface area (Å²) < 4.78 is 18.8. The summed E-state index contributed by atoms with van der Waals surface area (Å²) in [6.07, 6.45) is 1.51. The van der Waals surface area contributed by atoms with Crippen LogP contribution in [0.4, 0.5) is 14.9 Å². The predicted molar refractivity (Wildman–Crippen MR) is 98.7 cm³/mol. The van der Waals surface area contributed by atoms with Crippen molar-refractivity contribution in [3.63, 3.8) is 0 Å². The van der Waals surface area contributed by atoms with Gasteiger partial charge in [-0.15, -0.1) is 10.2 Å². The Morgan fingerprint density at radius 2 is 1.74 bits per heavy atom. The Balaban J connectivity index is 1.35. The molecule has 2 amide bonds. The zero-order chi connectivity index (χ0) is 18.6. The molecule has 0 spiro atoms. The van der Waals surface area contributed by atoms with E-state index in [4.69, 9.17) is 4.42 Å². The van der Waals surface area contributed by atoms with E-state index in [-0.39, 0.29) is 17.8 Å². The van der Waals surface area contributed by atoms with Crippen LogP contribution in [0, 0.1) is 5.82 Å². The van der Waals surface area contributed by atoms with Crippen LogP contribution in [-0.2, 0) is 0 Å². The number of rotatable bonds is 3. The van der Waals surface area contributed by atoms with Crippen molar-refractivity contribution in [3.05, 3.63) is 66.3 Å². The van der Waals surface area contributed by atoms with E-state index in [1.807, 2.05) is 30.3 Å². The number of piperidine rings is 1. The molecule has 1 N–H and O–H groups in total. The van der Waals surface area contributed by atoms with Crippen LogP contribution in [0.5, 0.6) is 0 Å². The van der Waals surface area contributed by atoms with Crippen molar-refractivity contribution in [2.24, 2.45) is 0 Å². The van der Waals surface area contributed by atoms with Crippen LogP contribution in [0.3, 0.4) is 0 Å². The van der Waals surface area contributed by atoms with Crippen molar-refractivity contribution < 1.29 is 13.6 Å².